The average Bonchev–Trinajstić information content (AvgIpc) is 2.08. The first-order chi connectivity index (χ1) is 6.50. The van der Waals surface area contributed by atoms with Crippen molar-refractivity contribution in [1.29, 1.82) is 0 Å². The van der Waals surface area contributed by atoms with Gasteiger partial charge in [0.25, 0.3) is 0 Å². The van der Waals surface area contributed by atoms with Crippen molar-refractivity contribution in [1.82, 2.24) is 0 Å². The molecule has 76 valence electrons. The number of carboxylic acid groups (broad SMARTS) is 1. The van der Waals surface area contributed by atoms with E-state index < -0.39 is 18.5 Å². The van der Waals surface area contributed by atoms with Crippen molar-refractivity contribution in [3.63, 3.8) is 0 Å². The fourth-order valence-corrected chi connectivity index (χ4v) is 1.03. The fourth-order valence-electron chi connectivity index (χ4n) is 1.03. The van der Waals surface area contributed by atoms with Gasteiger partial charge in [-0.25, -0.2) is 0 Å². The topological polar surface area (TPSA) is 98.0 Å². The minimum absolute atomic E-state index is 0.253. The van der Waals surface area contributed by atoms with Crippen LogP contribution in [0.5, 0.6) is 11.5 Å². The van der Waals surface area contributed by atoms with Crippen LogP contribution < -0.4 is 0 Å². The van der Waals surface area contributed by atoms with Gasteiger partial charge < -0.3 is 20.4 Å². The number of phenolic OH excluding ortho intramolecular Hbond substituents is 2. The highest BCUT2D eigenvalue weighted by atomic mass is 16.4. The molecular weight excluding hydrogens is 188 g/mol. The third kappa shape index (κ3) is 2.37. The van der Waals surface area contributed by atoms with Crippen LogP contribution in [0.15, 0.2) is 18.2 Å². The number of carbonyl (C=O) groups is 1. The van der Waals surface area contributed by atoms with Gasteiger partial charge in [-0.2, -0.15) is 0 Å². The van der Waals surface area contributed by atoms with E-state index in [0.29, 0.717) is 0 Å². The Morgan fingerprint density at radius 1 is 1.29 bits per heavy atom. The van der Waals surface area contributed by atoms with Crippen LogP contribution >= 0.6 is 0 Å². The second-order valence-corrected chi connectivity index (χ2v) is 2.86. The maximum absolute atomic E-state index is 10.3. The summed E-state index contributed by atoms with van der Waals surface area (Å²) in [5, 5.41) is 35.8. The minimum Gasteiger partial charge on any atom is -0.504 e. The van der Waals surface area contributed by atoms with Crippen molar-refractivity contribution in [3.05, 3.63) is 23.8 Å². The van der Waals surface area contributed by atoms with Gasteiger partial charge in [-0.15, -0.1) is 0 Å². The number of rotatable bonds is 3. The molecule has 0 fully saturated rings. The Kier molecular flexibility index (Phi) is 2.93. The zero-order valence-electron chi connectivity index (χ0n) is 7.21. The highest BCUT2D eigenvalue weighted by Gasteiger charge is 2.13. The van der Waals surface area contributed by atoms with Crippen LogP contribution in [0.4, 0.5) is 0 Å². The van der Waals surface area contributed by atoms with Crippen molar-refractivity contribution >= 4 is 5.97 Å². The molecule has 0 aliphatic carbocycles. The highest BCUT2D eigenvalue weighted by Crippen LogP contribution is 2.28. The molecule has 14 heavy (non-hydrogen) atoms. The number of hydrogen-bond acceptors (Lipinski definition) is 4. The number of aliphatic hydroxyl groups excluding tert-OH is 1. The molecule has 1 atom stereocenters. The van der Waals surface area contributed by atoms with Gasteiger partial charge in [0, 0.05) is 0 Å². The summed E-state index contributed by atoms with van der Waals surface area (Å²) in [6.07, 6.45) is -1.62. The maximum atomic E-state index is 10.3. The van der Waals surface area contributed by atoms with E-state index in [9.17, 15) is 9.90 Å². The largest absolute Gasteiger partial charge is 0.504 e. The van der Waals surface area contributed by atoms with E-state index in [1.165, 1.54) is 12.1 Å². The van der Waals surface area contributed by atoms with E-state index in [-0.39, 0.29) is 17.1 Å². The predicted molar refractivity (Wildman–Crippen MR) is 47.0 cm³/mol. The van der Waals surface area contributed by atoms with Crippen molar-refractivity contribution in [2.75, 3.05) is 0 Å². The molecular formula is C9H10O5. The Morgan fingerprint density at radius 3 is 2.43 bits per heavy atom. The Balaban J connectivity index is 2.85. The lowest BCUT2D eigenvalue weighted by molar-refractivity contribution is -0.139. The van der Waals surface area contributed by atoms with Crippen molar-refractivity contribution < 1.29 is 25.2 Å². The molecule has 1 unspecified atom stereocenters. The zero-order chi connectivity index (χ0) is 10.7. The summed E-state index contributed by atoms with van der Waals surface area (Å²) in [7, 11) is 0. The summed E-state index contributed by atoms with van der Waals surface area (Å²) in [6.45, 7) is 0. The molecule has 0 amide bonds. The Labute approximate surface area is 79.9 Å². The maximum Gasteiger partial charge on any atom is 0.306 e. The number of aliphatic carboxylic acids is 1. The molecule has 5 heteroatoms. The van der Waals surface area contributed by atoms with E-state index in [0.717, 1.165) is 6.07 Å². The summed E-state index contributed by atoms with van der Waals surface area (Å²) in [5.41, 5.74) is 0.253. The lowest BCUT2D eigenvalue weighted by Gasteiger charge is -2.08. The van der Waals surface area contributed by atoms with Crippen LogP contribution in [0.1, 0.15) is 18.1 Å². The molecule has 0 aliphatic heterocycles. The normalized spacial score (nSPS) is 12.4. The second kappa shape index (κ2) is 3.97. The third-order valence-corrected chi connectivity index (χ3v) is 1.75. The predicted octanol–water partition coefficient (Wildman–Crippen LogP) is 0.606. The van der Waals surface area contributed by atoms with E-state index in [1.807, 2.05) is 0 Å². The van der Waals surface area contributed by atoms with Gasteiger partial charge in [0.05, 0.1) is 12.5 Å². The van der Waals surface area contributed by atoms with Crippen molar-refractivity contribution in [3.8, 4) is 11.5 Å². The van der Waals surface area contributed by atoms with Crippen LogP contribution in [0.25, 0.3) is 0 Å². The van der Waals surface area contributed by atoms with Gasteiger partial charge >= 0.3 is 5.97 Å². The van der Waals surface area contributed by atoms with Crippen LogP contribution in [-0.2, 0) is 4.79 Å². The minimum atomic E-state index is -1.18. The number of aliphatic hydroxyl groups is 1. The Morgan fingerprint density at radius 2 is 1.93 bits per heavy atom. The molecule has 1 aromatic rings. The standard InChI is InChI=1S/C9H10O5/c10-6-2-1-5(3-8(6)12)7(11)4-9(13)14/h1-3,7,10-12H,4H2,(H,13,14). The SMILES string of the molecule is O=C(O)CC(O)c1ccc(O)c(O)c1. The molecule has 5 nitrogen and oxygen atoms in total. The van der Waals surface area contributed by atoms with Crippen LogP contribution in [0, 0.1) is 0 Å². The average molecular weight is 198 g/mol. The zero-order valence-corrected chi connectivity index (χ0v) is 7.21. The molecule has 0 saturated heterocycles. The molecule has 1 aromatic carbocycles. The first kappa shape index (κ1) is 10.3. The van der Waals surface area contributed by atoms with E-state index in [1.54, 1.807) is 0 Å². The smallest absolute Gasteiger partial charge is 0.306 e. The molecule has 1 rings (SSSR count). The van der Waals surface area contributed by atoms with E-state index in [2.05, 4.69) is 0 Å². The second-order valence-electron chi connectivity index (χ2n) is 2.86. The van der Waals surface area contributed by atoms with Gasteiger partial charge in [-0.1, -0.05) is 6.07 Å². The summed E-state index contributed by atoms with van der Waals surface area (Å²) in [4.78, 5) is 10.3. The molecule has 0 spiro atoms. The molecule has 4 N–H and O–H groups in total. The van der Waals surface area contributed by atoms with Crippen LogP contribution in [-0.4, -0.2) is 26.4 Å². The highest BCUT2D eigenvalue weighted by molar-refractivity contribution is 5.67. The first-order valence-corrected chi connectivity index (χ1v) is 3.92. The summed E-state index contributed by atoms with van der Waals surface area (Å²) >= 11 is 0. The summed E-state index contributed by atoms with van der Waals surface area (Å²) < 4.78 is 0. The molecule has 0 aromatic heterocycles. The van der Waals surface area contributed by atoms with Gasteiger partial charge in [-0.3, -0.25) is 4.79 Å². The van der Waals surface area contributed by atoms with Gasteiger partial charge in [0.1, 0.15) is 0 Å². The van der Waals surface area contributed by atoms with E-state index >= 15 is 0 Å². The number of phenols is 2. The number of hydrogen-bond donors (Lipinski definition) is 4. The first-order valence-electron chi connectivity index (χ1n) is 3.92. The molecule has 0 aliphatic rings. The molecule has 0 radical (unpaired) electrons. The molecule has 0 heterocycles. The lowest BCUT2D eigenvalue weighted by Crippen LogP contribution is -2.05. The molecule has 0 bridgehead atoms. The van der Waals surface area contributed by atoms with Crippen molar-refractivity contribution in [2.24, 2.45) is 0 Å². The van der Waals surface area contributed by atoms with E-state index in [4.69, 9.17) is 15.3 Å². The summed E-state index contributed by atoms with van der Waals surface area (Å²) in [5.74, 6) is -1.83. The van der Waals surface area contributed by atoms with Gasteiger partial charge in [0.15, 0.2) is 11.5 Å². The Hall–Kier alpha value is -1.75. The summed E-state index contributed by atoms with van der Waals surface area (Å²) in [6, 6.07) is 3.67. The van der Waals surface area contributed by atoms with Gasteiger partial charge in [0.2, 0.25) is 0 Å². The Bertz CT molecular complexity index is 347. The number of carboxylic acids is 1. The van der Waals surface area contributed by atoms with Gasteiger partial charge in [-0.05, 0) is 17.7 Å². The van der Waals surface area contributed by atoms with Crippen LogP contribution in [0.2, 0.25) is 0 Å². The number of benzene rings is 1. The quantitative estimate of drug-likeness (QED) is 0.533. The lowest BCUT2D eigenvalue weighted by atomic mass is 10.1. The number of aromatic hydroxyl groups is 2. The third-order valence-electron chi connectivity index (χ3n) is 1.75. The van der Waals surface area contributed by atoms with Crippen LogP contribution in [0.3, 0.4) is 0 Å². The molecule has 0 saturated carbocycles. The van der Waals surface area contributed by atoms with Crippen molar-refractivity contribution in [2.45, 2.75) is 12.5 Å². The monoisotopic (exact) mass is 198 g/mol. The fraction of sp³-hybridized carbons (Fsp3) is 0.222.